The van der Waals surface area contributed by atoms with Crippen LogP contribution >= 0.6 is 0 Å². The molecule has 1 aliphatic rings. The Morgan fingerprint density at radius 2 is 1.78 bits per heavy atom. The summed E-state index contributed by atoms with van der Waals surface area (Å²) in [6, 6.07) is 9.36. The molecule has 0 bridgehead atoms. The third kappa shape index (κ3) is 3.92. The maximum absolute atomic E-state index is 12.4. The van der Waals surface area contributed by atoms with Crippen LogP contribution in [-0.2, 0) is 11.2 Å². The monoisotopic (exact) mass is 433 g/mol. The van der Waals surface area contributed by atoms with E-state index in [9.17, 15) is 4.79 Å². The van der Waals surface area contributed by atoms with Crippen molar-refractivity contribution in [2.45, 2.75) is 13.3 Å². The van der Waals surface area contributed by atoms with E-state index in [-0.39, 0.29) is 23.4 Å². The van der Waals surface area contributed by atoms with Gasteiger partial charge in [0.05, 0.1) is 27.0 Å². The lowest BCUT2D eigenvalue weighted by molar-refractivity contribution is -0.110. The second-order valence-corrected chi connectivity index (χ2v) is 7.25. The van der Waals surface area contributed by atoms with E-state index >= 15 is 0 Å². The summed E-state index contributed by atoms with van der Waals surface area (Å²) in [7, 11) is 4.67. The smallest absolute Gasteiger partial charge is 0.275 e. The first-order chi connectivity index (χ1) is 15.4. The Balaban J connectivity index is 1.64. The number of amides is 1. The first kappa shape index (κ1) is 21.1. The number of nitrogens with two attached hydrogens (primary N) is 1. The highest BCUT2D eigenvalue weighted by Crippen LogP contribution is 2.39. The molecule has 1 aromatic heterocycles. The zero-order valence-corrected chi connectivity index (χ0v) is 18.2. The number of ether oxygens (including phenoxy) is 3. The topological polar surface area (TPSA) is 121 Å². The quantitative estimate of drug-likeness (QED) is 0.613. The maximum Gasteiger partial charge on any atom is 0.275 e. The van der Waals surface area contributed by atoms with Gasteiger partial charge >= 0.3 is 0 Å². The van der Waals surface area contributed by atoms with Crippen molar-refractivity contribution in [3.8, 4) is 17.2 Å². The Morgan fingerprint density at radius 3 is 2.41 bits per heavy atom. The molecule has 9 nitrogen and oxygen atoms in total. The number of nitrogen functional groups attached to an aromatic ring is 1. The average Bonchev–Trinajstić information content (AvgIpc) is 3.09. The highest BCUT2D eigenvalue weighted by atomic mass is 16.5. The van der Waals surface area contributed by atoms with Crippen molar-refractivity contribution in [2.75, 3.05) is 32.4 Å². The SMILES string of the molecule is COc1cc(Cc2cnc(/N=C3/C(=O)Nc4ccc(C)cc43)nc2N)cc(OC)c1OC. The number of aryl methyl sites for hydroxylation is 1. The van der Waals surface area contributed by atoms with E-state index in [1.807, 2.05) is 37.3 Å². The van der Waals surface area contributed by atoms with E-state index in [1.165, 1.54) is 0 Å². The van der Waals surface area contributed by atoms with Crippen LogP contribution in [0.1, 0.15) is 22.3 Å². The largest absolute Gasteiger partial charge is 0.493 e. The van der Waals surface area contributed by atoms with Gasteiger partial charge in [-0.2, -0.15) is 4.98 Å². The second-order valence-electron chi connectivity index (χ2n) is 7.25. The minimum atomic E-state index is -0.297. The van der Waals surface area contributed by atoms with E-state index in [4.69, 9.17) is 19.9 Å². The standard InChI is InChI=1S/C23H23N5O4/c1-12-5-6-16-15(7-12)19(22(29)26-16)27-23-25-11-14(21(24)28-23)8-13-9-17(30-2)20(32-4)18(10-13)31-3/h5-7,9-11H,8H2,1-4H3,(H3,24,25,26,27,28,29). The fourth-order valence-corrected chi connectivity index (χ4v) is 3.54. The number of aromatic nitrogens is 2. The lowest BCUT2D eigenvalue weighted by Crippen LogP contribution is -2.14. The number of benzene rings is 2. The van der Waals surface area contributed by atoms with E-state index < -0.39 is 0 Å². The third-order valence-corrected chi connectivity index (χ3v) is 5.11. The molecule has 0 aliphatic carbocycles. The van der Waals surface area contributed by atoms with Crippen molar-refractivity contribution in [3.63, 3.8) is 0 Å². The molecule has 1 amide bonds. The van der Waals surface area contributed by atoms with Gasteiger partial charge in [0, 0.05) is 23.7 Å². The highest BCUT2D eigenvalue weighted by molar-refractivity contribution is 6.54. The molecule has 2 heterocycles. The molecule has 0 fully saturated rings. The van der Waals surface area contributed by atoms with E-state index in [1.54, 1.807) is 27.5 Å². The van der Waals surface area contributed by atoms with Gasteiger partial charge in [-0.05, 0) is 36.8 Å². The number of fused-ring (bicyclic) bond motifs is 1. The van der Waals surface area contributed by atoms with Gasteiger partial charge in [0.2, 0.25) is 5.75 Å². The summed E-state index contributed by atoms with van der Waals surface area (Å²) in [6.45, 7) is 1.95. The molecule has 9 heteroatoms. The summed E-state index contributed by atoms with van der Waals surface area (Å²) in [6.07, 6.45) is 2.05. The lowest BCUT2D eigenvalue weighted by Gasteiger charge is -2.14. The van der Waals surface area contributed by atoms with Gasteiger partial charge in [-0.3, -0.25) is 4.79 Å². The van der Waals surface area contributed by atoms with E-state index in [2.05, 4.69) is 20.3 Å². The number of nitrogens with one attached hydrogen (secondary N) is 1. The Hall–Kier alpha value is -4.14. The van der Waals surface area contributed by atoms with Crippen molar-refractivity contribution in [3.05, 3.63) is 58.8 Å². The van der Waals surface area contributed by atoms with Gasteiger partial charge in [-0.15, -0.1) is 0 Å². The van der Waals surface area contributed by atoms with Crippen LogP contribution in [0.5, 0.6) is 17.2 Å². The summed E-state index contributed by atoms with van der Waals surface area (Å²) in [5.41, 5.74) is 10.5. The van der Waals surface area contributed by atoms with Crippen LogP contribution in [-0.4, -0.2) is 42.9 Å². The van der Waals surface area contributed by atoms with Crippen LogP contribution in [0.15, 0.2) is 41.5 Å². The van der Waals surface area contributed by atoms with Crippen LogP contribution in [0, 0.1) is 6.92 Å². The molecule has 1 aliphatic heterocycles. The van der Waals surface area contributed by atoms with Gasteiger partial charge < -0.3 is 25.3 Å². The van der Waals surface area contributed by atoms with E-state index in [0.717, 1.165) is 16.7 Å². The number of aliphatic imine (C=N–C) groups is 1. The molecular weight excluding hydrogens is 410 g/mol. The van der Waals surface area contributed by atoms with Crippen molar-refractivity contribution >= 4 is 29.1 Å². The van der Waals surface area contributed by atoms with Crippen LogP contribution in [0.3, 0.4) is 0 Å². The second kappa shape index (κ2) is 8.54. The summed E-state index contributed by atoms with van der Waals surface area (Å²) in [5, 5.41) is 2.79. The van der Waals surface area contributed by atoms with Crippen molar-refractivity contribution in [2.24, 2.45) is 4.99 Å². The van der Waals surface area contributed by atoms with Crippen LogP contribution in [0.25, 0.3) is 0 Å². The minimum Gasteiger partial charge on any atom is -0.493 e. The van der Waals surface area contributed by atoms with Crippen LogP contribution < -0.4 is 25.3 Å². The molecule has 0 atom stereocenters. The molecular formula is C23H23N5O4. The fraction of sp³-hybridized carbons (Fsp3) is 0.217. The molecule has 32 heavy (non-hydrogen) atoms. The van der Waals surface area contributed by atoms with Crippen molar-refractivity contribution < 1.29 is 19.0 Å². The molecule has 4 rings (SSSR count). The molecule has 2 aromatic carbocycles. The van der Waals surface area contributed by atoms with Crippen LogP contribution in [0.4, 0.5) is 17.5 Å². The number of hydrogen-bond donors (Lipinski definition) is 2. The first-order valence-electron chi connectivity index (χ1n) is 9.84. The molecule has 0 radical (unpaired) electrons. The van der Waals surface area contributed by atoms with Gasteiger partial charge in [0.1, 0.15) is 11.5 Å². The van der Waals surface area contributed by atoms with Crippen molar-refractivity contribution in [1.82, 2.24) is 9.97 Å². The first-order valence-corrected chi connectivity index (χ1v) is 9.84. The zero-order chi connectivity index (χ0) is 22.8. The average molecular weight is 433 g/mol. The Morgan fingerprint density at radius 1 is 1.06 bits per heavy atom. The minimum absolute atomic E-state index is 0.121. The fourth-order valence-electron chi connectivity index (χ4n) is 3.54. The van der Waals surface area contributed by atoms with Crippen LogP contribution in [0.2, 0.25) is 0 Å². The lowest BCUT2D eigenvalue weighted by atomic mass is 10.1. The summed E-state index contributed by atoms with van der Waals surface area (Å²) in [4.78, 5) is 25.3. The number of rotatable bonds is 6. The van der Waals surface area contributed by atoms with Gasteiger partial charge in [0.15, 0.2) is 11.5 Å². The molecule has 0 saturated carbocycles. The predicted octanol–water partition coefficient (Wildman–Crippen LogP) is 3.06. The number of carbonyl (C=O) groups is 1. The summed E-state index contributed by atoms with van der Waals surface area (Å²) >= 11 is 0. The molecule has 3 N–H and O–H groups in total. The molecule has 164 valence electrons. The number of carbonyl (C=O) groups excluding carboxylic acids is 1. The Bertz CT molecular complexity index is 1210. The predicted molar refractivity (Wildman–Crippen MR) is 121 cm³/mol. The Kier molecular flexibility index (Phi) is 5.63. The number of nitrogens with zero attached hydrogens (tertiary/aromatic N) is 3. The number of methoxy groups -OCH3 is 3. The molecule has 3 aromatic rings. The van der Waals surface area contributed by atoms with Gasteiger partial charge in [0.25, 0.3) is 11.9 Å². The normalized spacial score (nSPS) is 13.6. The molecule has 0 saturated heterocycles. The number of anilines is 2. The van der Waals surface area contributed by atoms with Gasteiger partial charge in [-0.25, -0.2) is 9.98 Å². The van der Waals surface area contributed by atoms with E-state index in [0.29, 0.717) is 34.9 Å². The van der Waals surface area contributed by atoms with Gasteiger partial charge in [-0.1, -0.05) is 11.6 Å². The Labute approximate surface area is 185 Å². The third-order valence-electron chi connectivity index (χ3n) is 5.11. The number of hydrogen-bond acceptors (Lipinski definition) is 8. The summed E-state index contributed by atoms with van der Waals surface area (Å²) < 4.78 is 16.2. The molecule has 0 spiro atoms. The zero-order valence-electron chi connectivity index (χ0n) is 18.2. The molecule has 0 unspecified atom stereocenters. The maximum atomic E-state index is 12.4. The highest BCUT2D eigenvalue weighted by Gasteiger charge is 2.26. The summed E-state index contributed by atoms with van der Waals surface area (Å²) in [5.74, 6) is 1.71. The van der Waals surface area contributed by atoms with Crippen molar-refractivity contribution in [1.29, 1.82) is 0 Å².